The number of H-pyrrole nitrogens is 1. The molecule has 0 aliphatic heterocycles. The average molecular weight is 312 g/mol. The second kappa shape index (κ2) is 5.88. The first kappa shape index (κ1) is 14.9. The Labute approximate surface area is 124 Å². The molecular weight excluding hydrogens is 298 g/mol. The van der Waals surface area contributed by atoms with Crippen LogP contribution < -0.4 is 21.3 Å². The van der Waals surface area contributed by atoms with E-state index in [0.29, 0.717) is 5.69 Å². The summed E-state index contributed by atoms with van der Waals surface area (Å²) in [6.45, 7) is 1.98. The minimum atomic E-state index is -0.746. The van der Waals surface area contributed by atoms with Gasteiger partial charge in [-0.3, -0.25) is 4.79 Å². The van der Waals surface area contributed by atoms with Crippen molar-refractivity contribution in [3.63, 3.8) is 0 Å². The highest BCUT2D eigenvalue weighted by molar-refractivity contribution is 6.33. The molecular formula is C12H14ClN5O3. The fourth-order valence-corrected chi connectivity index (χ4v) is 1.87. The van der Waals surface area contributed by atoms with E-state index >= 15 is 0 Å². The van der Waals surface area contributed by atoms with Crippen LogP contribution in [-0.4, -0.2) is 27.7 Å². The maximum Gasteiger partial charge on any atom is 0.331 e. The Kier molecular flexibility index (Phi) is 4.18. The largest absolute Gasteiger partial charge is 0.482 e. The molecule has 0 saturated heterocycles. The molecule has 0 unspecified atom stereocenters. The normalized spacial score (nSPS) is 10.4. The van der Waals surface area contributed by atoms with E-state index in [4.69, 9.17) is 22.1 Å². The molecule has 21 heavy (non-hydrogen) atoms. The Morgan fingerprint density at radius 1 is 1.62 bits per heavy atom. The van der Waals surface area contributed by atoms with Crippen LogP contribution in [0.2, 0.25) is 5.02 Å². The van der Waals surface area contributed by atoms with Crippen LogP contribution >= 0.6 is 11.6 Å². The number of ether oxygens (including phenoxy) is 1. The Morgan fingerprint density at radius 3 is 2.90 bits per heavy atom. The number of nitrogens with one attached hydrogen (secondary N) is 2. The number of anilines is 1. The zero-order valence-electron chi connectivity index (χ0n) is 11.4. The molecule has 0 aliphatic carbocycles. The summed E-state index contributed by atoms with van der Waals surface area (Å²) in [5.74, 6) is -0.00171. The molecule has 0 aromatic carbocycles. The molecule has 9 heteroatoms. The fourth-order valence-electron chi connectivity index (χ4n) is 1.73. The van der Waals surface area contributed by atoms with Crippen molar-refractivity contribution in [1.82, 2.24) is 19.9 Å². The topological polar surface area (TPSA) is 115 Å². The van der Waals surface area contributed by atoms with Crippen LogP contribution in [0, 0.1) is 6.92 Å². The Balaban J connectivity index is 2.29. The van der Waals surface area contributed by atoms with E-state index in [1.54, 1.807) is 0 Å². The van der Waals surface area contributed by atoms with Crippen molar-refractivity contribution in [3.8, 4) is 5.88 Å². The molecule has 0 spiro atoms. The molecule has 0 aliphatic rings. The standard InChI is InChI=1S/C12H14ClN5O3/c1-6-8(17-5-16-6)4-15-12(20)18-9(21-2)3-7(14)10(13)11(18)19/h3,5H,4,14H2,1-2H3,(H,15,20)(H,16,17). The van der Waals surface area contributed by atoms with Crippen molar-refractivity contribution >= 4 is 23.3 Å². The highest BCUT2D eigenvalue weighted by Gasteiger charge is 2.18. The number of methoxy groups -OCH3 is 1. The maximum absolute atomic E-state index is 12.1. The highest BCUT2D eigenvalue weighted by Crippen LogP contribution is 2.19. The predicted molar refractivity (Wildman–Crippen MR) is 77.6 cm³/mol. The number of pyridine rings is 1. The van der Waals surface area contributed by atoms with Gasteiger partial charge in [0.1, 0.15) is 5.02 Å². The summed E-state index contributed by atoms with van der Waals surface area (Å²) in [6, 6.07) is 0.629. The van der Waals surface area contributed by atoms with Crippen LogP contribution in [0.3, 0.4) is 0 Å². The lowest BCUT2D eigenvalue weighted by Gasteiger charge is -2.12. The van der Waals surface area contributed by atoms with Gasteiger partial charge in [0, 0.05) is 11.8 Å². The molecule has 0 atom stereocenters. The van der Waals surface area contributed by atoms with Gasteiger partial charge in [0.15, 0.2) is 0 Å². The van der Waals surface area contributed by atoms with Gasteiger partial charge < -0.3 is 20.8 Å². The first-order valence-corrected chi connectivity index (χ1v) is 6.35. The van der Waals surface area contributed by atoms with Crippen LogP contribution in [0.4, 0.5) is 10.5 Å². The summed E-state index contributed by atoms with van der Waals surface area (Å²) in [5.41, 5.74) is 6.36. The second-order valence-electron chi connectivity index (χ2n) is 4.23. The van der Waals surface area contributed by atoms with Gasteiger partial charge in [0.25, 0.3) is 5.56 Å². The number of carbonyl (C=O) groups is 1. The van der Waals surface area contributed by atoms with Gasteiger partial charge in [-0.05, 0) is 6.92 Å². The van der Waals surface area contributed by atoms with Crippen LogP contribution in [-0.2, 0) is 6.54 Å². The predicted octanol–water partition coefficient (Wildman–Crippen LogP) is 0.882. The van der Waals surface area contributed by atoms with Crippen molar-refractivity contribution in [2.24, 2.45) is 0 Å². The van der Waals surface area contributed by atoms with E-state index in [1.807, 2.05) is 6.92 Å². The molecule has 0 bridgehead atoms. The summed E-state index contributed by atoms with van der Waals surface area (Å²) in [6.07, 6.45) is 1.52. The van der Waals surface area contributed by atoms with Gasteiger partial charge in [0.05, 0.1) is 31.4 Å². The van der Waals surface area contributed by atoms with Crippen molar-refractivity contribution < 1.29 is 9.53 Å². The van der Waals surface area contributed by atoms with Gasteiger partial charge >= 0.3 is 6.03 Å². The summed E-state index contributed by atoms with van der Waals surface area (Å²) in [4.78, 5) is 31.1. The molecule has 4 N–H and O–H groups in total. The Morgan fingerprint density at radius 2 is 2.33 bits per heavy atom. The lowest BCUT2D eigenvalue weighted by atomic mass is 10.3. The van der Waals surface area contributed by atoms with E-state index < -0.39 is 11.6 Å². The van der Waals surface area contributed by atoms with Crippen LogP contribution in [0.25, 0.3) is 0 Å². The molecule has 0 radical (unpaired) electrons. The third-order valence-electron chi connectivity index (χ3n) is 2.90. The van der Waals surface area contributed by atoms with Crippen molar-refractivity contribution in [2.75, 3.05) is 12.8 Å². The number of hydrogen-bond acceptors (Lipinski definition) is 5. The lowest BCUT2D eigenvalue weighted by molar-refractivity contribution is 0.237. The minimum absolute atomic E-state index is 0.00171. The van der Waals surface area contributed by atoms with Gasteiger partial charge in [0.2, 0.25) is 5.88 Å². The summed E-state index contributed by atoms with van der Waals surface area (Å²) in [7, 11) is 1.32. The van der Waals surface area contributed by atoms with E-state index in [9.17, 15) is 9.59 Å². The number of nitrogens with two attached hydrogens (primary N) is 1. The number of aromatic nitrogens is 3. The number of carbonyl (C=O) groups excluding carboxylic acids is 1. The number of nitrogens with zero attached hydrogens (tertiary/aromatic N) is 2. The van der Waals surface area contributed by atoms with Crippen LogP contribution in [0.5, 0.6) is 5.88 Å². The van der Waals surface area contributed by atoms with E-state index in [0.717, 1.165) is 10.3 Å². The molecule has 2 aromatic heterocycles. The summed E-state index contributed by atoms with van der Waals surface area (Å²) >= 11 is 5.77. The molecule has 2 aromatic rings. The van der Waals surface area contributed by atoms with Crippen LogP contribution in [0.15, 0.2) is 17.2 Å². The minimum Gasteiger partial charge on any atom is -0.482 e. The number of rotatable bonds is 3. The number of hydrogen-bond donors (Lipinski definition) is 3. The zero-order chi connectivity index (χ0) is 15.6. The van der Waals surface area contributed by atoms with Gasteiger partial charge in [-0.2, -0.15) is 4.57 Å². The monoisotopic (exact) mass is 311 g/mol. The zero-order valence-corrected chi connectivity index (χ0v) is 12.2. The highest BCUT2D eigenvalue weighted by atomic mass is 35.5. The van der Waals surface area contributed by atoms with Gasteiger partial charge in [-0.15, -0.1) is 0 Å². The molecule has 8 nitrogen and oxygen atoms in total. The molecule has 0 saturated carbocycles. The summed E-state index contributed by atoms with van der Waals surface area (Å²) in [5, 5.41) is 2.33. The Bertz CT molecular complexity index is 737. The molecule has 0 fully saturated rings. The second-order valence-corrected chi connectivity index (χ2v) is 4.61. The average Bonchev–Trinajstić information content (AvgIpc) is 2.87. The number of imidazole rings is 1. The lowest BCUT2D eigenvalue weighted by Crippen LogP contribution is -2.37. The summed E-state index contributed by atoms with van der Waals surface area (Å²) < 4.78 is 5.76. The maximum atomic E-state index is 12.1. The fraction of sp³-hybridized carbons (Fsp3) is 0.250. The van der Waals surface area contributed by atoms with E-state index in [2.05, 4.69) is 15.3 Å². The van der Waals surface area contributed by atoms with Crippen molar-refractivity contribution in [3.05, 3.63) is 39.2 Å². The van der Waals surface area contributed by atoms with Gasteiger partial charge in [-0.1, -0.05) is 11.6 Å². The molecule has 1 amide bonds. The molecule has 2 heterocycles. The first-order valence-electron chi connectivity index (χ1n) is 5.97. The quantitative estimate of drug-likeness (QED) is 0.778. The van der Waals surface area contributed by atoms with Gasteiger partial charge in [-0.25, -0.2) is 9.78 Å². The van der Waals surface area contributed by atoms with E-state index in [1.165, 1.54) is 19.5 Å². The smallest absolute Gasteiger partial charge is 0.331 e. The number of aryl methyl sites for hydroxylation is 1. The number of aromatic amines is 1. The number of amides is 1. The number of nitrogen functional groups attached to an aromatic ring is 1. The Hall–Kier alpha value is -2.48. The molecule has 112 valence electrons. The SMILES string of the molecule is COc1cc(N)c(Cl)c(=O)n1C(=O)NCc1nc[nH]c1C. The first-order chi connectivity index (χ1) is 9.95. The van der Waals surface area contributed by atoms with E-state index in [-0.39, 0.29) is 23.1 Å². The van der Waals surface area contributed by atoms with Crippen molar-refractivity contribution in [2.45, 2.75) is 13.5 Å². The third kappa shape index (κ3) is 2.84. The molecule has 2 rings (SSSR count). The number of halogens is 1. The third-order valence-corrected chi connectivity index (χ3v) is 3.28. The van der Waals surface area contributed by atoms with Crippen molar-refractivity contribution in [1.29, 1.82) is 0 Å². The van der Waals surface area contributed by atoms with Crippen LogP contribution in [0.1, 0.15) is 11.4 Å².